The summed E-state index contributed by atoms with van der Waals surface area (Å²) < 4.78 is 93.4. The molecule has 1 aromatic heterocycles. The number of aromatic nitrogens is 2. The first-order valence-electron chi connectivity index (χ1n) is 23.2. The summed E-state index contributed by atoms with van der Waals surface area (Å²) in [5.41, 5.74) is 10.9. The molecule has 73 heavy (non-hydrogen) atoms. The molecular formula is C55H53F4N5O9. The Bertz CT molecular complexity index is 3140. The molecule has 0 spiro atoms. The van der Waals surface area contributed by atoms with E-state index in [2.05, 4.69) is 20.3 Å². The highest BCUT2D eigenvalue weighted by atomic mass is 19.3. The van der Waals surface area contributed by atoms with E-state index in [4.69, 9.17) is 38.9 Å². The molecule has 0 bridgehead atoms. The van der Waals surface area contributed by atoms with Crippen molar-refractivity contribution in [2.75, 3.05) is 37.5 Å². The third-order valence-electron chi connectivity index (χ3n) is 11.6. The Morgan fingerprint density at radius 1 is 0.808 bits per heavy atom. The number of halogens is 4. The molecule has 3 aliphatic rings. The molecule has 4 N–H and O–H groups in total. The van der Waals surface area contributed by atoms with Gasteiger partial charge in [0.1, 0.15) is 59.9 Å². The van der Waals surface area contributed by atoms with E-state index in [0.717, 1.165) is 29.0 Å². The number of nitrogens with one attached hydrogen (secondary N) is 2. The molecule has 6 aromatic carbocycles. The summed E-state index contributed by atoms with van der Waals surface area (Å²) in [5, 5.41) is 2.75. The van der Waals surface area contributed by atoms with Crippen molar-refractivity contribution in [2.45, 2.75) is 71.2 Å². The predicted molar refractivity (Wildman–Crippen MR) is 267 cm³/mol. The molecule has 2 saturated heterocycles. The highest BCUT2D eigenvalue weighted by molar-refractivity contribution is 6.13. The molecule has 0 radical (unpaired) electrons. The van der Waals surface area contributed by atoms with E-state index in [1.54, 1.807) is 42.5 Å². The number of aliphatic imine (C=N–C) groups is 1. The van der Waals surface area contributed by atoms with Crippen LogP contribution in [0.2, 0.25) is 0 Å². The van der Waals surface area contributed by atoms with Gasteiger partial charge < -0.3 is 49.2 Å². The lowest BCUT2D eigenvalue weighted by Crippen LogP contribution is -2.25. The van der Waals surface area contributed by atoms with Crippen LogP contribution in [-0.2, 0) is 30.2 Å². The number of aromatic amines is 1. The van der Waals surface area contributed by atoms with Crippen molar-refractivity contribution < 1.29 is 60.3 Å². The van der Waals surface area contributed by atoms with Crippen LogP contribution >= 0.6 is 0 Å². The second-order valence-electron chi connectivity index (χ2n) is 18.1. The number of anilines is 2. The zero-order valence-corrected chi connectivity index (χ0v) is 40.5. The number of nitrogens with two attached hydrogens (primary N) is 1. The number of ether oxygens (including phenoxy) is 7. The first kappa shape index (κ1) is 51.7. The van der Waals surface area contributed by atoms with E-state index in [9.17, 15) is 27.2 Å². The SMILES string of the molecule is CC1(C)OC[C@H](COc2cccc(N)c2)O1.CC1(C)OC[C@H](COc2cccc(NC(=O)c3cc(F)cc4c3N=C(c3ccccc3C(F)F)C4)c2)O1.Cc1ccccc1-c1nc2c(OC=O)cc(F)cc2[nH]1. The van der Waals surface area contributed by atoms with E-state index < -0.39 is 35.5 Å². The number of benzene rings is 6. The van der Waals surface area contributed by atoms with Gasteiger partial charge in [0.25, 0.3) is 18.8 Å². The van der Waals surface area contributed by atoms with Crippen molar-refractivity contribution in [2.24, 2.45) is 4.99 Å². The van der Waals surface area contributed by atoms with Crippen LogP contribution in [0.25, 0.3) is 22.4 Å². The number of amides is 1. The summed E-state index contributed by atoms with van der Waals surface area (Å²) in [6.07, 6.45) is -2.78. The van der Waals surface area contributed by atoms with Crippen molar-refractivity contribution in [3.8, 4) is 28.6 Å². The van der Waals surface area contributed by atoms with Gasteiger partial charge in [-0.05, 0) is 88.2 Å². The maximum Gasteiger partial charge on any atom is 0.298 e. The van der Waals surface area contributed by atoms with E-state index >= 15 is 0 Å². The number of carbonyl (C=O) groups is 2. The number of fused-ring (bicyclic) bond motifs is 2. The lowest BCUT2D eigenvalue weighted by molar-refractivity contribution is -0.141. The minimum atomic E-state index is -2.68. The Balaban J connectivity index is 0.000000165. The average molecular weight is 1000 g/mol. The minimum Gasteiger partial charge on any atom is -0.491 e. The number of alkyl halides is 2. The number of carbonyl (C=O) groups excluding carboxylic acids is 2. The van der Waals surface area contributed by atoms with Gasteiger partial charge in [-0.3, -0.25) is 14.6 Å². The molecule has 4 heterocycles. The first-order chi connectivity index (χ1) is 34.9. The zero-order valence-electron chi connectivity index (χ0n) is 40.5. The smallest absolute Gasteiger partial charge is 0.298 e. The normalized spacial score (nSPS) is 17.2. The second-order valence-corrected chi connectivity index (χ2v) is 18.1. The van der Waals surface area contributed by atoms with Crippen molar-refractivity contribution in [3.05, 3.63) is 161 Å². The number of hydrogen-bond donors (Lipinski definition) is 3. The summed E-state index contributed by atoms with van der Waals surface area (Å²) in [6, 6.07) is 32.7. The largest absolute Gasteiger partial charge is 0.491 e. The number of imidazole rings is 1. The molecule has 2 fully saturated rings. The minimum absolute atomic E-state index is 0.0172. The number of H-pyrrole nitrogens is 1. The van der Waals surface area contributed by atoms with Crippen molar-refractivity contribution in [1.82, 2.24) is 9.97 Å². The Morgan fingerprint density at radius 2 is 1.44 bits per heavy atom. The molecule has 18 heteroatoms. The number of aryl methyl sites for hydroxylation is 1. The Kier molecular flexibility index (Phi) is 15.9. The molecule has 0 unspecified atom stereocenters. The van der Waals surface area contributed by atoms with Gasteiger partial charge >= 0.3 is 0 Å². The number of rotatable bonds is 13. The van der Waals surface area contributed by atoms with Gasteiger partial charge in [0, 0.05) is 52.7 Å². The van der Waals surface area contributed by atoms with Crippen LogP contribution in [0, 0.1) is 18.6 Å². The van der Waals surface area contributed by atoms with Crippen LogP contribution in [0.4, 0.5) is 34.6 Å². The summed E-state index contributed by atoms with van der Waals surface area (Å²) >= 11 is 0. The van der Waals surface area contributed by atoms with Gasteiger partial charge in [-0.25, -0.2) is 22.5 Å². The zero-order chi connectivity index (χ0) is 51.9. The lowest BCUT2D eigenvalue weighted by Gasteiger charge is -2.17. The fourth-order valence-electron chi connectivity index (χ4n) is 8.25. The lowest BCUT2D eigenvalue weighted by atomic mass is 9.98. The number of nitrogens with zero attached hydrogens (tertiary/aromatic N) is 2. The Hall–Kier alpha value is -7.64. The van der Waals surface area contributed by atoms with E-state index in [0.29, 0.717) is 65.1 Å². The monoisotopic (exact) mass is 1000 g/mol. The van der Waals surface area contributed by atoms with Crippen LogP contribution in [0.3, 0.4) is 0 Å². The predicted octanol–water partition coefficient (Wildman–Crippen LogP) is 11.2. The van der Waals surface area contributed by atoms with Gasteiger partial charge in [-0.1, -0.05) is 60.7 Å². The molecular weight excluding hydrogens is 951 g/mol. The quantitative estimate of drug-likeness (QED) is 0.0569. The van der Waals surface area contributed by atoms with Crippen molar-refractivity contribution in [1.29, 1.82) is 0 Å². The van der Waals surface area contributed by atoms with Gasteiger partial charge in [-0.15, -0.1) is 0 Å². The van der Waals surface area contributed by atoms with Crippen LogP contribution in [0.5, 0.6) is 17.2 Å². The van der Waals surface area contributed by atoms with Crippen LogP contribution in [-0.4, -0.2) is 78.3 Å². The average Bonchev–Trinajstić information content (AvgIpc) is 4.15. The van der Waals surface area contributed by atoms with Gasteiger partial charge in [-0.2, -0.15) is 0 Å². The molecule has 10 rings (SSSR count). The summed E-state index contributed by atoms with van der Waals surface area (Å²) in [6.45, 7) is 11.4. The van der Waals surface area contributed by atoms with Crippen molar-refractivity contribution in [3.63, 3.8) is 0 Å². The first-order valence-corrected chi connectivity index (χ1v) is 23.2. The second kappa shape index (κ2) is 22.4. The standard InChI is InChI=1S/C28H25F3N2O4.C15H11FN2O2.C12H17NO3/c1-28(2)36-15-20(37-28)14-35-19-7-5-6-18(13-19)32-27(34)23-12-17(29)10-16-11-24(33-25(16)23)21-8-3-4-9-22(21)26(30)31;1-9-4-2-3-5-11(9)15-17-12-6-10(16)7-13(20-8-19)14(12)18-15;1-12(2)15-8-11(16-12)7-14-10-5-3-4-9(13)6-10/h3-10,12-13,20,26H,11,14-15H2,1-2H3,(H,32,34);2-8H,1H3,(H,17,18);3-6,11H,7-8,13H2,1-2H3/t20-;;11-/m0.0/s1. The molecule has 1 amide bonds. The highest BCUT2D eigenvalue weighted by Gasteiger charge is 2.34. The van der Waals surface area contributed by atoms with Gasteiger partial charge in [0.05, 0.1) is 35.7 Å². The molecule has 2 atom stereocenters. The van der Waals surface area contributed by atoms with Crippen molar-refractivity contribution >= 4 is 46.2 Å². The fraction of sp³-hybridized carbons (Fsp3) is 0.273. The summed E-state index contributed by atoms with van der Waals surface area (Å²) in [4.78, 5) is 35.5. The summed E-state index contributed by atoms with van der Waals surface area (Å²) in [5.74, 6) is -0.842. The maximum absolute atomic E-state index is 14.4. The molecule has 3 aliphatic heterocycles. The van der Waals surface area contributed by atoms with Crippen LogP contribution < -0.4 is 25.3 Å². The van der Waals surface area contributed by atoms with E-state index in [1.165, 1.54) is 24.3 Å². The van der Waals surface area contributed by atoms with Gasteiger partial charge in [0.2, 0.25) is 0 Å². The van der Waals surface area contributed by atoms with E-state index in [1.807, 2.05) is 77.1 Å². The Morgan fingerprint density at radius 3 is 2.07 bits per heavy atom. The van der Waals surface area contributed by atoms with E-state index in [-0.39, 0.29) is 59.8 Å². The maximum atomic E-state index is 14.4. The third kappa shape index (κ3) is 13.3. The Labute approximate surface area is 418 Å². The fourth-order valence-corrected chi connectivity index (χ4v) is 8.25. The highest BCUT2D eigenvalue weighted by Crippen LogP contribution is 2.37. The third-order valence-corrected chi connectivity index (χ3v) is 11.6. The molecule has 0 saturated carbocycles. The number of hydrogen-bond acceptors (Lipinski definition) is 12. The molecule has 7 aromatic rings. The van der Waals surface area contributed by atoms with Crippen LogP contribution in [0.1, 0.15) is 66.7 Å². The van der Waals surface area contributed by atoms with Gasteiger partial charge in [0.15, 0.2) is 17.3 Å². The van der Waals surface area contributed by atoms with Crippen LogP contribution in [0.15, 0.2) is 126 Å². The molecule has 0 aliphatic carbocycles. The topological polar surface area (TPSA) is 178 Å². The summed E-state index contributed by atoms with van der Waals surface area (Å²) in [7, 11) is 0. The molecule has 380 valence electrons. The number of nitrogen functional groups attached to an aromatic ring is 1. The molecule has 14 nitrogen and oxygen atoms in total.